The monoisotopic (exact) mass is 285 g/mol. The molecular weight excluding hydrogens is 266 g/mol. The number of carbonyl (C=O) groups excluding carboxylic acids is 1. The van der Waals surface area contributed by atoms with Crippen LogP contribution in [0.4, 0.5) is 0 Å². The summed E-state index contributed by atoms with van der Waals surface area (Å²) in [6, 6.07) is 0.130. The van der Waals surface area contributed by atoms with Crippen molar-refractivity contribution in [3.05, 3.63) is 41.5 Å². The van der Waals surface area contributed by atoms with Crippen LogP contribution < -0.4 is 5.32 Å². The minimum Gasteiger partial charge on any atom is -0.347 e. The largest absolute Gasteiger partial charge is 0.347 e. The van der Waals surface area contributed by atoms with Gasteiger partial charge in [0.05, 0.1) is 11.3 Å². The van der Waals surface area contributed by atoms with Gasteiger partial charge in [0, 0.05) is 37.6 Å². The summed E-state index contributed by atoms with van der Waals surface area (Å²) in [5.41, 5.74) is 1.39. The molecule has 0 aromatic carbocycles. The van der Waals surface area contributed by atoms with Crippen LogP contribution in [0.2, 0.25) is 0 Å². The number of aryl methyl sites for hydroxylation is 3. The number of amides is 1. The van der Waals surface area contributed by atoms with E-state index in [0.717, 1.165) is 37.3 Å². The number of hydrogen-bond donors (Lipinski definition) is 1. The number of fused-ring (bicyclic) bond motifs is 1. The molecule has 1 atom stereocenters. The molecule has 1 N–H and O–H groups in total. The maximum atomic E-state index is 12.4. The van der Waals surface area contributed by atoms with E-state index in [0.29, 0.717) is 11.4 Å². The Labute approximate surface area is 123 Å². The van der Waals surface area contributed by atoms with Crippen molar-refractivity contribution in [1.82, 2.24) is 24.8 Å². The molecule has 0 fully saturated rings. The molecule has 21 heavy (non-hydrogen) atoms. The quantitative estimate of drug-likeness (QED) is 0.922. The predicted molar refractivity (Wildman–Crippen MR) is 77.9 cm³/mol. The number of nitrogens with one attached hydrogen (secondary N) is 1. The number of nitrogens with zero attached hydrogens (tertiary/aromatic N) is 4. The highest BCUT2D eigenvalue weighted by Crippen LogP contribution is 2.14. The fraction of sp³-hybridized carbons (Fsp3) is 0.467. The highest BCUT2D eigenvalue weighted by Gasteiger charge is 2.22. The lowest BCUT2D eigenvalue weighted by Gasteiger charge is -2.25. The molecule has 0 aliphatic carbocycles. The third-order valence-electron chi connectivity index (χ3n) is 3.84. The SMILES string of the molecule is CCc1nc(C)ncc1C(=O)N[C@H]1CCc2nccn2C1. The first kappa shape index (κ1) is 13.7. The molecule has 1 aliphatic heterocycles. The van der Waals surface area contributed by atoms with E-state index in [2.05, 4.69) is 24.8 Å². The Morgan fingerprint density at radius 3 is 3.14 bits per heavy atom. The van der Waals surface area contributed by atoms with Gasteiger partial charge < -0.3 is 9.88 Å². The molecule has 2 aromatic heterocycles. The third-order valence-corrected chi connectivity index (χ3v) is 3.84. The van der Waals surface area contributed by atoms with Crippen LogP contribution in [0.15, 0.2) is 18.6 Å². The molecule has 0 saturated carbocycles. The van der Waals surface area contributed by atoms with Crippen LogP contribution in [0.1, 0.15) is 41.0 Å². The summed E-state index contributed by atoms with van der Waals surface area (Å²) in [4.78, 5) is 25.2. The summed E-state index contributed by atoms with van der Waals surface area (Å²) < 4.78 is 2.10. The van der Waals surface area contributed by atoms with E-state index in [4.69, 9.17) is 0 Å². The van der Waals surface area contributed by atoms with E-state index < -0.39 is 0 Å². The zero-order valence-corrected chi connectivity index (χ0v) is 12.3. The molecule has 2 aromatic rings. The Morgan fingerprint density at radius 2 is 2.33 bits per heavy atom. The van der Waals surface area contributed by atoms with Gasteiger partial charge in [-0.3, -0.25) is 4.79 Å². The van der Waals surface area contributed by atoms with Crippen LogP contribution in [-0.4, -0.2) is 31.5 Å². The normalized spacial score (nSPS) is 17.3. The van der Waals surface area contributed by atoms with E-state index in [-0.39, 0.29) is 11.9 Å². The van der Waals surface area contributed by atoms with Crippen molar-refractivity contribution in [2.75, 3.05) is 0 Å². The maximum absolute atomic E-state index is 12.4. The lowest BCUT2D eigenvalue weighted by molar-refractivity contribution is 0.0925. The standard InChI is InChI=1S/C15H19N5O/c1-3-13-12(8-17-10(2)18-13)15(21)19-11-4-5-14-16-6-7-20(14)9-11/h6-8,11H,3-5,9H2,1-2H3,(H,19,21)/t11-/m0/s1. The van der Waals surface area contributed by atoms with E-state index in [1.54, 1.807) is 6.20 Å². The number of rotatable bonds is 3. The van der Waals surface area contributed by atoms with E-state index in [9.17, 15) is 4.79 Å². The first-order chi connectivity index (χ1) is 10.2. The van der Waals surface area contributed by atoms with Crippen molar-refractivity contribution in [2.45, 2.75) is 45.7 Å². The van der Waals surface area contributed by atoms with Gasteiger partial charge in [0.15, 0.2) is 0 Å². The summed E-state index contributed by atoms with van der Waals surface area (Å²) >= 11 is 0. The molecule has 0 radical (unpaired) electrons. The molecule has 0 bridgehead atoms. The third kappa shape index (κ3) is 2.79. The zero-order chi connectivity index (χ0) is 14.8. The molecule has 1 aliphatic rings. The second-order valence-electron chi connectivity index (χ2n) is 5.34. The van der Waals surface area contributed by atoms with E-state index in [1.165, 1.54) is 0 Å². The van der Waals surface area contributed by atoms with Crippen molar-refractivity contribution in [1.29, 1.82) is 0 Å². The Kier molecular flexibility index (Phi) is 3.68. The fourth-order valence-corrected chi connectivity index (χ4v) is 2.72. The van der Waals surface area contributed by atoms with Crippen LogP contribution >= 0.6 is 0 Å². The summed E-state index contributed by atoms with van der Waals surface area (Å²) in [5, 5.41) is 3.09. The minimum absolute atomic E-state index is 0.0829. The van der Waals surface area contributed by atoms with Gasteiger partial charge in [-0.25, -0.2) is 15.0 Å². The van der Waals surface area contributed by atoms with Crippen LogP contribution in [0.5, 0.6) is 0 Å². The van der Waals surface area contributed by atoms with Crippen LogP contribution in [-0.2, 0) is 19.4 Å². The number of imidazole rings is 1. The molecule has 0 spiro atoms. The van der Waals surface area contributed by atoms with Crippen molar-refractivity contribution in [2.24, 2.45) is 0 Å². The van der Waals surface area contributed by atoms with Gasteiger partial charge >= 0.3 is 0 Å². The highest BCUT2D eigenvalue weighted by molar-refractivity contribution is 5.95. The molecule has 6 nitrogen and oxygen atoms in total. The first-order valence-corrected chi connectivity index (χ1v) is 7.30. The molecule has 6 heteroatoms. The highest BCUT2D eigenvalue weighted by atomic mass is 16.1. The summed E-state index contributed by atoms with van der Waals surface area (Å²) in [5.74, 6) is 1.71. The number of hydrogen-bond acceptors (Lipinski definition) is 4. The second-order valence-corrected chi connectivity index (χ2v) is 5.34. The van der Waals surface area contributed by atoms with E-state index >= 15 is 0 Å². The van der Waals surface area contributed by atoms with Gasteiger partial charge in [0.25, 0.3) is 5.91 Å². The Morgan fingerprint density at radius 1 is 1.48 bits per heavy atom. The maximum Gasteiger partial charge on any atom is 0.254 e. The summed E-state index contributed by atoms with van der Waals surface area (Å²) in [6.45, 7) is 4.61. The topological polar surface area (TPSA) is 72.7 Å². The van der Waals surface area contributed by atoms with Crippen molar-refractivity contribution in [3.63, 3.8) is 0 Å². The molecule has 3 heterocycles. The van der Waals surface area contributed by atoms with Gasteiger partial charge in [0.1, 0.15) is 11.6 Å². The van der Waals surface area contributed by atoms with Gasteiger partial charge in [-0.05, 0) is 19.8 Å². The second kappa shape index (κ2) is 5.63. The Balaban J connectivity index is 1.73. The zero-order valence-electron chi connectivity index (χ0n) is 12.3. The van der Waals surface area contributed by atoms with Gasteiger partial charge in [-0.15, -0.1) is 0 Å². The molecule has 3 rings (SSSR count). The van der Waals surface area contributed by atoms with Crippen molar-refractivity contribution < 1.29 is 4.79 Å². The average molecular weight is 285 g/mol. The smallest absolute Gasteiger partial charge is 0.254 e. The molecule has 0 unspecified atom stereocenters. The van der Waals surface area contributed by atoms with Crippen LogP contribution in [0.25, 0.3) is 0 Å². The van der Waals surface area contributed by atoms with Crippen molar-refractivity contribution >= 4 is 5.91 Å². The van der Waals surface area contributed by atoms with E-state index in [1.807, 2.05) is 26.2 Å². The molecular formula is C15H19N5O. The lowest BCUT2D eigenvalue weighted by Crippen LogP contribution is -2.41. The van der Waals surface area contributed by atoms with Crippen LogP contribution in [0, 0.1) is 6.92 Å². The van der Waals surface area contributed by atoms with Crippen LogP contribution in [0.3, 0.4) is 0 Å². The van der Waals surface area contributed by atoms with Gasteiger partial charge in [0.2, 0.25) is 0 Å². The van der Waals surface area contributed by atoms with Gasteiger partial charge in [-0.2, -0.15) is 0 Å². The Hall–Kier alpha value is -2.24. The number of aromatic nitrogens is 4. The molecule has 110 valence electrons. The van der Waals surface area contributed by atoms with Gasteiger partial charge in [-0.1, -0.05) is 6.92 Å². The predicted octanol–water partition coefficient (Wildman–Crippen LogP) is 1.29. The summed E-state index contributed by atoms with van der Waals surface area (Å²) in [7, 11) is 0. The molecule has 1 amide bonds. The number of carbonyl (C=O) groups is 1. The minimum atomic E-state index is -0.0829. The molecule has 0 saturated heterocycles. The average Bonchev–Trinajstić information content (AvgIpc) is 2.94. The lowest BCUT2D eigenvalue weighted by atomic mass is 10.1. The van der Waals surface area contributed by atoms with Crippen molar-refractivity contribution in [3.8, 4) is 0 Å². The first-order valence-electron chi connectivity index (χ1n) is 7.30. The summed E-state index contributed by atoms with van der Waals surface area (Å²) in [6.07, 6.45) is 7.92. The fourth-order valence-electron chi connectivity index (χ4n) is 2.72. The Bertz CT molecular complexity index is 664.